The van der Waals surface area contributed by atoms with Gasteiger partial charge in [0.15, 0.2) is 0 Å². The van der Waals surface area contributed by atoms with E-state index in [1.54, 1.807) is 29.1 Å². The Bertz CT molecular complexity index is 649. The molecule has 2 aliphatic heterocycles. The first-order valence-electron chi connectivity index (χ1n) is 8.75. The molecular formula is C18H24N4O3. The van der Waals surface area contributed by atoms with Crippen molar-refractivity contribution in [2.24, 2.45) is 5.92 Å². The van der Waals surface area contributed by atoms with Crippen LogP contribution in [0.5, 0.6) is 0 Å². The summed E-state index contributed by atoms with van der Waals surface area (Å²) >= 11 is 0. The molecule has 1 aromatic heterocycles. The van der Waals surface area contributed by atoms with Crippen molar-refractivity contribution in [3.8, 4) is 0 Å². The molecule has 25 heavy (non-hydrogen) atoms. The average molecular weight is 344 g/mol. The third-order valence-corrected chi connectivity index (χ3v) is 4.91. The molecule has 2 aliphatic rings. The summed E-state index contributed by atoms with van der Waals surface area (Å²) in [6.45, 7) is 4.97. The summed E-state index contributed by atoms with van der Waals surface area (Å²) in [5.41, 5.74) is 0.968. The lowest BCUT2D eigenvalue weighted by atomic mass is 10.1. The Morgan fingerprint density at radius 1 is 1.20 bits per heavy atom. The zero-order valence-electron chi connectivity index (χ0n) is 14.6. The zero-order valence-corrected chi connectivity index (χ0v) is 14.6. The topological polar surface area (TPSA) is 73.8 Å². The third kappa shape index (κ3) is 4.15. The molecule has 1 aromatic rings. The first-order chi connectivity index (χ1) is 12.0. The minimum atomic E-state index is -0.284. The molecule has 0 radical (unpaired) electrons. The predicted octanol–water partition coefficient (Wildman–Crippen LogP) is 0.511. The normalized spacial score (nSPS) is 21.4. The average Bonchev–Trinajstić information content (AvgIpc) is 2.82. The molecule has 7 nitrogen and oxygen atoms in total. The quantitative estimate of drug-likeness (QED) is 0.801. The third-order valence-electron chi connectivity index (χ3n) is 4.91. The van der Waals surface area contributed by atoms with Crippen LogP contribution in [0.15, 0.2) is 24.5 Å². The van der Waals surface area contributed by atoms with Crippen LogP contribution in [-0.4, -0.2) is 70.1 Å². The van der Waals surface area contributed by atoms with E-state index < -0.39 is 0 Å². The van der Waals surface area contributed by atoms with Gasteiger partial charge in [-0.1, -0.05) is 6.07 Å². The summed E-state index contributed by atoms with van der Waals surface area (Å²) in [5.74, 6) is -0.184. The Morgan fingerprint density at radius 3 is 2.68 bits per heavy atom. The monoisotopic (exact) mass is 344 g/mol. The summed E-state index contributed by atoms with van der Waals surface area (Å²) in [5, 5.41) is 0. The Balaban J connectivity index is 1.58. The van der Waals surface area contributed by atoms with E-state index in [0.717, 1.165) is 12.0 Å². The van der Waals surface area contributed by atoms with E-state index in [0.29, 0.717) is 39.3 Å². The van der Waals surface area contributed by atoms with Gasteiger partial charge in [-0.3, -0.25) is 19.4 Å². The summed E-state index contributed by atoms with van der Waals surface area (Å²) in [6.07, 6.45) is 4.50. The van der Waals surface area contributed by atoms with Gasteiger partial charge in [0.05, 0.1) is 5.92 Å². The largest absolute Gasteiger partial charge is 0.341 e. The highest BCUT2D eigenvalue weighted by atomic mass is 16.2. The fourth-order valence-electron chi connectivity index (χ4n) is 3.51. The van der Waals surface area contributed by atoms with E-state index in [1.165, 1.54) is 0 Å². The standard InChI is InChI=1S/C18H24N4O3/c1-14(23)20-6-3-7-21(9-8-20)18(25)16-10-17(24)22(13-16)12-15-4-2-5-19-11-15/h2,4-5,11,16H,3,6-10,12-13H2,1H3. The molecule has 3 rings (SSSR count). The maximum absolute atomic E-state index is 12.8. The zero-order chi connectivity index (χ0) is 17.8. The van der Waals surface area contributed by atoms with Crippen molar-refractivity contribution in [2.45, 2.75) is 26.3 Å². The van der Waals surface area contributed by atoms with Crippen LogP contribution in [0, 0.1) is 5.92 Å². The number of carbonyl (C=O) groups is 3. The molecule has 3 heterocycles. The maximum atomic E-state index is 12.8. The number of aromatic nitrogens is 1. The number of likely N-dealkylation sites (tertiary alicyclic amines) is 1. The summed E-state index contributed by atoms with van der Waals surface area (Å²) in [7, 11) is 0. The second kappa shape index (κ2) is 7.63. The first kappa shape index (κ1) is 17.4. The molecule has 0 bridgehead atoms. The maximum Gasteiger partial charge on any atom is 0.228 e. The lowest BCUT2D eigenvalue weighted by molar-refractivity contribution is -0.136. The highest BCUT2D eigenvalue weighted by molar-refractivity contribution is 5.89. The Kier molecular flexibility index (Phi) is 5.31. The Morgan fingerprint density at radius 2 is 1.96 bits per heavy atom. The molecule has 0 aliphatic carbocycles. The lowest BCUT2D eigenvalue weighted by Gasteiger charge is -2.24. The van der Waals surface area contributed by atoms with Crippen LogP contribution in [0.1, 0.15) is 25.3 Å². The van der Waals surface area contributed by atoms with Crippen molar-refractivity contribution in [1.82, 2.24) is 19.7 Å². The van der Waals surface area contributed by atoms with Gasteiger partial charge in [0.2, 0.25) is 17.7 Å². The summed E-state index contributed by atoms with van der Waals surface area (Å²) in [6, 6.07) is 3.77. The lowest BCUT2D eigenvalue weighted by Crippen LogP contribution is -2.40. The second-order valence-electron chi connectivity index (χ2n) is 6.72. The van der Waals surface area contributed by atoms with Crippen LogP contribution in [0.3, 0.4) is 0 Å². The van der Waals surface area contributed by atoms with Gasteiger partial charge in [0.1, 0.15) is 0 Å². The highest BCUT2D eigenvalue weighted by Crippen LogP contribution is 2.22. The molecular weight excluding hydrogens is 320 g/mol. The van der Waals surface area contributed by atoms with Crippen LogP contribution in [0.4, 0.5) is 0 Å². The molecule has 0 aromatic carbocycles. The van der Waals surface area contributed by atoms with Crippen molar-refractivity contribution in [3.63, 3.8) is 0 Å². The highest BCUT2D eigenvalue weighted by Gasteiger charge is 2.36. The summed E-state index contributed by atoms with van der Waals surface area (Å²) in [4.78, 5) is 46.0. The summed E-state index contributed by atoms with van der Waals surface area (Å²) < 4.78 is 0. The number of pyridine rings is 1. The van der Waals surface area contributed by atoms with E-state index in [2.05, 4.69) is 4.98 Å². The smallest absolute Gasteiger partial charge is 0.228 e. The molecule has 3 amide bonds. The van der Waals surface area contributed by atoms with Gasteiger partial charge in [-0.15, -0.1) is 0 Å². The van der Waals surface area contributed by atoms with E-state index in [4.69, 9.17) is 0 Å². The molecule has 1 atom stereocenters. The van der Waals surface area contributed by atoms with Gasteiger partial charge in [-0.05, 0) is 18.1 Å². The van der Waals surface area contributed by atoms with E-state index >= 15 is 0 Å². The molecule has 2 fully saturated rings. The van der Waals surface area contributed by atoms with Crippen molar-refractivity contribution < 1.29 is 14.4 Å². The molecule has 0 spiro atoms. The van der Waals surface area contributed by atoms with E-state index in [-0.39, 0.29) is 30.1 Å². The number of nitrogens with zero attached hydrogens (tertiary/aromatic N) is 4. The SMILES string of the molecule is CC(=O)N1CCCN(C(=O)C2CC(=O)N(Cc3cccnc3)C2)CC1. The van der Waals surface area contributed by atoms with E-state index in [9.17, 15) is 14.4 Å². The first-order valence-corrected chi connectivity index (χ1v) is 8.75. The van der Waals surface area contributed by atoms with Gasteiger partial charge in [0.25, 0.3) is 0 Å². The Hall–Kier alpha value is -2.44. The van der Waals surface area contributed by atoms with Gasteiger partial charge < -0.3 is 14.7 Å². The van der Waals surface area contributed by atoms with Gasteiger partial charge in [0, 0.05) is 65.0 Å². The molecule has 2 saturated heterocycles. The van der Waals surface area contributed by atoms with Crippen LogP contribution in [-0.2, 0) is 20.9 Å². The molecule has 7 heteroatoms. The van der Waals surface area contributed by atoms with Gasteiger partial charge >= 0.3 is 0 Å². The van der Waals surface area contributed by atoms with Crippen LogP contribution in [0.2, 0.25) is 0 Å². The fraction of sp³-hybridized carbons (Fsp3) is 0.556. The van der Waals surface area contributed by atoms with Crippen molar-refractivity contribution >= 4 is 17.7 Å². The minimum absolute atomic E-state index is 0.0161. The van der Waals surface area contributed by atoms with E-state index in [1.807, 2.05) is 17.0 Å². The van der Waals surface area contributed by atoms with Crippen molar-refractivity contribution in [3.05, 3.63) is 30.1 Å². The number of carbonyl (C=O) groups excluding carboxylic acids is 3. The predicted molar refractivity (Wildman–Crippen MR) is 91.2 cm³/mol. The minimum Gasteiger partial charge on any atom is -0.341 e. The molecule has 0 N–H and O–H groups in total. The number of amides is 3. The molecule has 1 unspecified atom stereocenters. The van der Waals surface area contributed by atoms with Crippen LogP contribution >= 0.6 is 0 Å². The van der Waals surface area contributed by atoms with Crippen LogP contribution in [0.25, 0.3) is 0 Å². The number of hydrogen-bond acceptors (Lipinski definition) is 4. The number of rotatable bonds is 3. The van der Waals surface area contributed by atoms with Crippen molar-refractivity contribution in [1.29, 1.82) is 0 Å². The van der Waals surface area contributed by atoms with Crippen molar-refractivity contribution in [2.75, 3.05) is 32.7 Å². The second-order valence-corrected chi connectivity index (χ2v) is 6.72. The molecule has 134 valence electrons. The van der Waals surface area contributed by atoms with Crippen LogP contribution < -0.4 is 0 Å². The van der Waals surface area contributed by atoms with Gasteiger partial charge in [-0.2, -0.15) is 0 Å². The Labute approximate surface area is 147 Å². The fourth-order valence-corrected chi connectivity index (χ4v) is 3.51. The van der Waals surface area contributed by atoms with Gasteiger partial charge in [-0.25, -0.2) is 0 Å². The number of hydrogen-bond donors (Lipinski definition) is 0. The molecule has 0 saturated carbocycles.